The van der Waals surface area contributed by atoms with Crippen molar-refractivity contribution in [1.82, 2.24) is 4.98 Å². The van der Waals surface area contributed by atoms with Crippen molar-refractivity contribution in [3.63, 3.8) is 0 Å². The van der Waals surface area contributed by atoms with Crippen molar-refractivity contribution in [2.45, 2.75) is 23.8 Å². The monoisotopic (exact) mass is 368 g/mol. The van der Waals surface area contributed by atoms with Crippen molar-refractivity contribution in [3.8, 4) is 6.07 Å². The van der Waals surface area contributed by atoms with Crippen LogP contribution in [0.5, 0.6) is 0 Å². The molecule has 4 heterocycles. The Morgan fingerprint density at radius 3 is 2.77 bits per heavy atom. The van der Waals surface area contributed by atoms with Crippen LogP contribution in [0.2, 0.25) is 0 Å². The number of pyridine rings is 1. The van der Waals surface area contributed by atoms with E-state index >= 15 is 0 Å². The first kappa shape index (κ1) is 16.9. The summed E-state index contributed by atoms with van der Waals surface area (Å²) >= 11 is 1.26. The van der Waals surface area contributed by atoms with Gasteiger partial charge in [-0.2, -0.15) is 5.26 Å². The van der Waals surface area contributed by atoms with Crippen LogP contribution in [-0.4, -0.2) is 29.7 Å². The topological polar surface area (TPSA) is 69.0 Å². The number of amides is 1. The molecule has 2 aromatic rings. The van der Waals surface area contributed by atoms with E-state index in [2.05, 4.69) is 16.3 Å². The SMILES string of the molecule is N#Cc1cc2c(nc1SCC(=O)Nc1ccc(F)cc1)N1CCC2CC1. The summed E-state index contributed by atoms with van der Waals surface area (Å²) in [5, 5.41) is 12.8. The van der Waals surface area contributed by atoms with E-state index in [1.807, 2.05) is 6.07 Å². The third-order valence-electron chi connectivity index (χ3n) is 4.82. The predicted molar refractivity (Wildman–Crippen MR) is 98.9 cm³/mol. The van der Waals surface area contributed by atoms with Crippen LogP contribution in [0, 0.1) is 17.1 Å². The normalized spacial score (nSPS) is 15.5. The number of nitrogens with zero attached hydrogens (tertiary/aromatic N) is 3. The maximum Gasteiger partial charge on any atom is 0.234 e. The number of hydrogen-bond donors (Lipinski definition) is 1. The lowest BCUT2D eigenvalue weighted by Gasteiger charge is -2.41. The van der Waals surface area contributed by atoms with Crippen molar-refractivity contribution < 1.29 is 9.18 Å². The zero-order chi connectivity index (χ0) is 18.1. The van der Waals surface area contributed by atoms with Gasteiger partial charge in [0.1, 0.15) is 22.7 Å². The highest BCUT2D eigenvalue weighted by Gasteiger charge is 2.33. The molecule has 0 unspecified atom stereocenters. The molecule has 3 aliphatic heterocycles. The second-order valence-corrected chi connectivity index (χ2v) is 7.43. The molecular formula is C19H17FN4OS. The molecule has 0 spiro atoms. The van der Waals surface area contributed by atoms with Crippen LogP contribution in [0.4, 0.5) is 15.9 Å². The lowest BCUT2D eigenvalue weighted by atomic mass is 9.84. The Balaban J connectivity index is 1.48. The number of hydrogen-bond acceptors (Lipinski definition) is 5. The van der Waals surface area contributed by atoms with Gasteiger partial charge in [0.15, 0.2) is 0 Å². The molecule has 7 heteroatoms. The van der Waals surface area contributed by atoms with E-state index in [-0.39, 0.29) is 17.5 Å². The van der Waals surface area contributed by atoms with E-state index in [0.717, 1.165) is 31.7 Å². The molecule has 3 aliphatic rings. The third kappa shape index (κ3) is 3.25. The summed E-state index contributed by atoms with van der Waals surface area (Å²) in [6, 6.07) is 9.77. The van der Waals surface area contributed by atoms with Gasteiger partial charge in [-0.25, -0.2) is 9.37 Å². The van der Waals surface area contributed by atoms with Crippen molar-refractivity contribution in [2.75, 3.05) is 29.1 Å². The molecule has 5 rings (SSSR count). The van der Waals surface area contributed by atoms with Gasteiger partial charge in [0.25, 0.3) is 0 Å². The third-order valence-corrected chi connectivity index (χ3v) is 5.81. The van der Waals surface area contributed by atoms with Crippen LogP contribution < -0.4 is 10.2 Å². The average Bonchev–Trinajstić information content (AvgIpc) is 2.68. The van der Waals surface area contributed by atoms with Crippen LogP contribution in [-0.2, 0) is 4.79 Å². The molecular weight excluding hydrogens is 351 g/mol. The van der Waals surface area contributed by atoms with Gasteiger partial charge in [-0.1, -0.05) is 11.8 Å². The summed E-state index contributed by atoms with van der Waals surface area (Å²) in [5.41, 5.74) is 2.23. The highest BCUT2D eigenvalue weighted by atomic mass is 32.2. The fourth-order valence-electron chi connectivity index (χ4n) is 3.51. The summed E-state index contributed by atoms with van der Waals surface area (Å²) in [6.45, 7) is 2.01. The first-order chi connectivity index (χ1) is 12.6. The van der Waals surface area contributed by atoms with Gasteiger partial charge < -0.3 is 10.2 Å². The number of benzene rings is 1. The van der Waals surface area contributed by atoms with E-state index < -0.39 is 0 Å². The fraction of sp³-hybridized carbons (Fsp3) is 0.316. The zero-order valence-electron chi connectivity index (χ0n) is 14.0. The zero-order valence-corrected chi connectivity index (χ0v) is 14.9. The van der Waals surface area contributed by atoms with Gasteiger partial charge in [0.05, 0.1) is 11.3 Å². The van der Waals surface area contributed by atoms with E-state index in [0.29, 0.717) is 22.2 Å². The van der Waals surface area contributed by atoms with Gasteiger partial charge >= 0.3 is 0 Å². The first-order valence-electron chi connectivity index (χ1n) is 8.52. The number of anilines is 2. The second-order valence-electron chi connectivity index (χ2n) is 6.47. The molecule has 0 radical (unpaired) electrons. The largest absolute Gasteiger partial charge is 0.356 e. The molecule has 1 saturated heterocycles. The smallest absolute Gasteiger partial charge is 0.234 e. The molecule has 0 aliphatic carbocycles. The van der Waals surface area contributed by atoms with Crippen LogP contribution in [0.3, 0.4) is 0 Å². The molecule has 5 nitrogen and oxygen atoms in total. The molecule has 2 bridgehead atoms. The van der Waals surface area contributed by atoms with E-state index in [1.54, 1.807) is 0 Å². The number of carbonyl (C=O) groups excluding carboxylic acids is 1. The number of rotatable bonds is 4. The predicted octanol–water partition coefficient (Wildman–Crippen LogP) is 3.52. The fourth-order valence-corrected chi connectivity index (χ4v) is 4.26. The maximum atomic E-state index is 12.9. The lowest BCUT2D eigenvalue weighted by Crippen LogP contribution is -2.39. The minimum Gasteiger partial charge on any atom is -0.356 e. The standard InChI is InChI=1S/C19H17FN4OS/c20-14-1-3-15(4-2-14)22-17(25)11-26-19-13(10-21)9-16-12-5-7-24(8-6-12)18(16)23-19/h1-4,9,12H,5-8,11H2,(H,22,25). The minimum atomic E-state index is -0.349. The summed E-state index contributed by atoms with van der Waals surface area (Å²) in [4.78, 5) is 19.1. The Labute approximate surface area is 155 Å². The molecule has 0 atom stereocenters. The molecule has 0 saturated carbocycles. The Morgan fingerprint density at radius 1 is 1.35 bits per heavy atom. The van der Waals surface area contributed by atoms with Gasteiger partial charge in [-0.15, -0.1) is 0 Å². The Bertz CT molecular complexity index is 886. The number of carbonyl (C=O) groups is 1. The number of thioether (sulfide) groups is 1. The van der Waals surface area contributed by atoms with Crippen molar-refractivity contribution in [1.29, 1.82) is 5.26 Å². The summed E-state index contributed by atoms with van der Waals surface area (Å²) < 4.78 is 12.9. The van der Waals surface area contributed by atoms with Crippen LogP contribution in [0.15, 0.2) is 35.4 Å². The Kier molecular flexibility index (Phi) is 4.51. The van der Waals surface area contributed by atoms with Crippen molar-refractivity contribution in [3.05, 3.63) is 47.3 Å². The Morgan fingerprint density at radius 2 is 2.08 bits per heavy atom. The molecule has 26 heavy (non-hydrogen) atoms. The van der Waals surface area contributed by atoms with Gasteiger partial charge in [0, 0.05) is 18.8 Å². The van der Waals surface area contributed by atoms with E-state index in [9.17, 15) is 14.4 Å². The number of aromatic nitrogens is 1. The van der Waals surface area contributed by atoms with E-state index in [1.165, 1.54) is 41.6 Å². The maximum absolute atomic E-state index is 12.9. The number of fused-ring (bicyclic) bond motifs is 2. The highest BCUT2D eigenvalue weighted by molar-refractivity contribution is 8.00. The quantitative estimate of drug-likeness (QED) is 0.836. The molecule has 1 fully saturated rings. The molecule has 1 aromatic heterocycles. The van der Waals surface area contributed by atoms with E-state index in [4.69, 9.17) is 4.98 Å². The first-order valence-corrected chi connectivity index (χ1v) is 9.51. The number of piperidine rings is 1. The van der Waals surface area contributed by atoms with Crippen LogP contribution in [0.1, 0.15) is 29.9 Å². The molecule has 132 valence electrons. The number of nitrogens with one attached hydrogen (secondary N) is 1. The molecule has 1 amide bonds. The lowest BCUT2D eigenvalue weighted by molar-refractivity contribution is -0.113. The van der Waals surface area contributed by atoms with Crippen LogP contribution >= 0.6 is 11.8 Å². The minimum absolute atomic E-state index is 0.140. The molecule has 1 aromatic carbocycles. The van der Waals surface area contributed by atoms with Crippen LogP contribution in [0.25, 0.3) is 0 Å². The summed E-state index contributed by atoms with van der Waals surface area (Å²) in [6.07, 6.45) is 2.23. The van der Waals surface area contributed by atoms with Gasteiger partial charge in [0.2, 0.25) is 5.91 Å². The second kappa shape index (κ2) is 6.96. The number of nitriles is 1. The van der Waals surface area contributed by atoms with Crippen molar-refractivity contribution in [2.24, 2.45) is 0 Å². The molecule has 1 N–H and O–H groups in total. The summed E-state index contributed by atoms with van der Waals surface area (Å²) in [5.74, 6) is 1.04. The van der Waals surface area contributed by atoms with Gasteiger partial charge in [-0.05, 0) is 54.7 Å². The highest BCUT2D eigenvalue weighted by Crippen LogP contribution is 2.42. The Hall–Kier alpha value is -2.59. The average molecular weight is 368 g/mol. The summed E-state index contributed by atoms with van der Waals surface area (Å²) in [7, 11) is 0. The van der Waals surface area contributed by atoms with Crippen molar-refractivity contribution >= 4 is 29.2 Å². The number of halogens is 1. The van der Waals surface area contributed by atoms with Gasteiger partial charge in [-0.3, -0.25) is 4.79 Å².